The first kappa shape index (κ1) is 13.0. The molecule has 1 aromatic rings. The molecule has 1 aromatic carbocycles. The maximum absolute atomic E-state index is 9.17. The number of benzene rings is 1. The Labute approximate surface area is 112 Å². The number of rotatable bonds is 2. The second-order valence-electron chi connectivity index (χ2n) is 4.19. The molecule has 2 rings (SSSR count). The number of morpholine rings is 1. The molecule has 96 valence electrons. The van der Waals surface area contributed by atoms with Gasteiger partial charge in [-0.25, -0.2) is 0 Å². The molecule has 5 heteroatoms. The minimum absolute atomic E-state index is 0.284. The van der Waals surface area contributed by atoms with Gasteiger partial charge in [-0.2, -0.15) is 5.26 Å². The molecule has 1 unspecified atom stereocenters. The van der Waals surface area contributed by atoms with Crippen LogP contribution in [0.15, 0.2) is 12.1 Å². The van der Waals surface area contributed by atoms with E-state index in [1.165, 1.54) is 0 Å². The van der Waals surface area contributed by atoms with Gasteiger partial charge >= 0.3 is 0 Å². The minimum Gasteiger partial charge on any atom is -0.495 e. The number of aryl methyl sites for hydroxylation is 1. The van der Waals surface area contributed by atoms with Gasteiger partial charge in [0.25, 0.3) is 0 Å². The molecule has 0 amide bonds. The SMILES string of the molecule is COc1cc(Cl)c(C)cc1N1CCOCC1C#N. The third kappa shape index (κ3) is 2.38. The molecule has 1 aliphatic heterocycles. The van der Waals surface area contributed by atoms with E-state index in [4.69, 9.17) is 21.1 Å². The fourth-order valence-corrected chi connectivity index (χ4v) is 2.19. The molecule has 0 spiro atoms. The summed E-state index contributed by atoms with van der Waals surface area (Å²) in [6.45, 7) is 3.65. The van der Waals surface area contributed by atoms with Crippen molar-refractivity contribution in [1.82, 2.24) is 0 Å². The topological polar surface area (TPSA) is 45.5 Å². The number of nitriles is 1. The first-order chi connectivity index (χ1) is 8.67. The number of hydrogen-bond donors (Lipinski definition) is 0. The Bertz CT molecular complexity index is 485. The molecular weight excluding hydrogens is 252 g/mol. The van der Waals surface area contributed by atoms with E-state index in [-0.39, 0.29) is 6.04 Å². The summed E-state index contributed by atoms with van der Waals surface area (Å²) in [7, 11) is 1.60. The van der Waals surface area contributed by atoms with Crippen LogP contribution in [0.4, 0.5) is 5.69 Å². The second-order valence-corrected chi connectivity index (χ2v) is 4.59. The fraction of sp³-hybridized carbons (Fsp3) is 0.462. The summed E-state index contributed by atoms with van der Waals surface area (Å²) in [6, 6.07) is 5.71. The lowest BCUT2D eigenvalue weighted by atomic mass is 10.1. The van der Waals surface area contributed by atoms with Crippen LogP contribution in [0.25, 0.3) is 0 Å². The fourth-order valence-electron chi connectivity index (χ4n) is 2.03. The normalized spacial score (nSPS) is 19.4. The van der Waals surface area contributed by atoms with Crippen molar-refractivity contribution in [2.45, 2.75) is 13.0 Å². The number of ether oxygens (including phenoxy) is 2. The predicted octanol–water partition coefficient (Wildman–Crippen LogP) is 2.39. The quantitative estimate of drug-likeness (QED) is 0.825. The molecule has 1 heterocycles. The number of methoxy groups -OCH3 is 1. The number of halogens is 1. The third-order valence-corrected chi connectivity index (χ3v) is 3.45. The van der Waals surface area contributed by atoms with Crippen molar-refractivity contribution >= 4 is 17.3 Å². The monoisotopic (exact) mass is 266 g/mol. The molecule has 18 heavy (non-hydrogen) atoms. The molecule has 1 saturated heterocycles. The van der Waals surface area contributed by atoms with Gasteiger partial charge in [-0.3, -0.25) is 0 Å². The zero-order valence-corrected chi connectivity index (χ0v) is 11.2. The van der Waals surface area contributed by atoms with Crippen LogP contribution in [0.1, 0.15) is 5.56 Å². The first-order valence-electron chi connectivity index (χ1n) is 5.75. The van der Waals surface area contributed by atoms with Crippen molar-refractivity contribution in [2.75, 3.05) is 31.8 Å². The molecule has 0 aliphatic carbocycles. The minimum atomic E-state index is -0.284. The van der Waals surface area contributed by atoms with Gasteiger partial charge in [0.1, 0.15) is 11.8 Å². The van der Waals surface area contributed by atoms with Crippen LogP contribution in [0.2, 0.25) is 5.02 Å². The average molecular weight is 267 g/mol. The largest absolute Gasteiger partial charge is 0.495 e. The van der Waals surface area contributed by atoms with Crippen molar-refractivity contribution in [3.8, 4) is 11.8 Å². The van der Waals surface area contributed by atoms with Crippen LogP contribution in [-0.4, -0.2) is 32.9 Å². The molecular formula is C13H15ClN2O2. The van der Waals surface area contributed by atoms with Gasteiger partial charge in [-0.1, -0.05) is 11.6 Å². The maximum Gasteiger partial charge on any atom is 0.143 e. The van der Waals surface area contributed by atoms with Gasteiger partial charge in [0, 0.05) is 17.6 Å². The van der Waals surface area contributed by atoms with Crippen molar-refractivity contribution < 1.29 is 9.47 Å². The van der Waals surface area contributed by atoms with Crippen molar-refractivity contribution in [3.63, 3.8) is 0 Å². The van der Waals surface area contributed by atoms with Gasteiger partial charge in [-0.05, 0) is 18.6 Å². The Morgan fingerprint density at radius 3 is 3.00 bits per heavy atom. The Hall–Kier alpha value is -1.44. The van der Waals surface area contributed by atoms with Crippen molar-refractivity contribution in [3.05, 3.63) is 22.7 Å². The van der Waals surface area contributed by atoms with Crippen LogP contribution in [0.5, 0.6) is 5.75 Å². The highest BCUT2D eigenvalue weighted by Gasteiger charge is 2.25. The molecule has 1 fully saturated rings. The van der Waals surface area contributed by atoms with E-state index in [1.807, 2.05) is 17.9 Å². The van der Waals surface area contributed by atoms with E-state index in [9.17, 15) is 5.26 Å². The Kier molecular flexibility index (Phi) is 3.95. The Balaban J connectivity index is 2.42. The summed E-state index contributed by atoms with van der Waals surface area (Å²) in [5.74, 6) is 0.688. The summed E-state index contributed by atoms with van der Waals surface area (Å²) in [4.78, 5) is 2.01. The van der Waals surface area contributed by atoms with Crippen molar-refractivity contribution in [2.24, 2.45) is 0 Å². The van der Waals surface area contributed by atoms with E-state index in [0.717, 1.165) is 11.3 Å². The summed E-state index contributed by atoms with van der Waals surface area (Å²) in [5.41, 5.74) is 1.87. The van der Waals surface area contributed by atoms with Gasteiger partial charge in [0.05, 0.1) is 32.1 Å². The smallest absolute Gasteiger partial charge is 0.143 e. The zero-order valence-electron chi connectivity index (χ0n) is 10.4. The Morgan fingerprint density at radius 1 is 1.56 bits per heavy atom. The highest BCUT2D eigenvalue weighted by molar-refractivity contribution is 6.31. The van der Waals surface area contributed by atoms with Crippen LogP contribution < -0.4 is 9.64 Å². The standard InChI is InChI=1S/C13H15ClN2O2/c1-9-5-12(13(17-2)6-11(9)14)16-3-4-18-8-10(16)7-15/h5-6,10H,3-4,8H2,1-2H3. The third-order valence-electron chi connectivity index (χ3n) is 3.05. The first-order valence-corrected chi connectivity index (χ1v) is 6.13. The molecule has 0 radical (unpaired) electrons. The summed E-state index contributed by atoms with van der Waals surface area (Å²) < 4.78 is 10.7. The molecule has 0 aromatic heterocycles. The molecule has 4 nitrogen and oxygen atoms in total. The van der Waals surface area contributed by atoms with Crippen molar-refractivity contribution in [1.29, 1.82) is 5.26 Å². The zero-order chi connectivity index (χ0) is 13.1. The summed E-state index contributed by atoms with van der Waals surface area (Å²) in [6.07, 6.45) is 0. The molecule has 0 N–H and O–H groups in total. The lowest BCUT2D eigenvalue weighted by Gasteiger charge is -2.34. The van der Waals surface area contributed by atoms with E-state index in [0.29, 0.717) is 30.5 Å². The predicted molar refractivity (Wildman–Crippen MR) is 70.3 cm³/mol. The number of nitrogens with zero attached hydrogens (tertiary/aromatic N) is 2. The average Bonchev–Trinajstić information content (AvgIpc) is 2.41. The highest BCUT2D eigenvalue weighted by atomic mass is 35.5. The van der Waals surface area contributed by atoms with Gasteiger partial charge in [0.15, 0.2) is 0 Å². The van der Waals surface area contributed by atoms with E-state index in [1.54, 1.807) is 13.2 Å². The molecule has 0 saturated carbocycles. The lowest BCUT2D eigenvalue weighted by molar-refractivity contribution is 0.107. The van der Waals surface area contributed by atoms with Gasteiger partial charge < -0.3 is 14.4 Å². The number of hydrogen-bond acceptors (Lipinski definition) is 4. The van der Waals surface area contributed by atoms with Gasteiger partial charge in [0.2, 0.25) is 0 Å². The maximum atomic E-state index is 9.17. The van der Waals surface area contributed by atoms with Crippen LogP contribution in [0, 0.1) is 18.3 Å². The van der Waals surface area contributed by atoms with Crippen LogP contribution >= 0.6 is 11.6 Å². The molecule has 0 bridgehead atoms. The van der Waals surface area contributed by atoms with Crippen LogP contribution in [-0.2, 0) is 4.74 Å². The molecule has 1 atom stereocenters. The second kappa shape index (κ2) is 5.47. The lowest BCUT2D eigenvalue weighted by Crippen LogP contribution is -2.44. The number of anilines is 1. The highest BCUT2D eigenvalue weighted by Crippen LogP contribution is 2.35. The van der Waals surface area contributed by atoms with Crippen LogP contribution in [0.3, 0.4) is 0 Å². The summed E-state index contributed by atoms with van der Waals surface area (Å²) in [5, 5.41) is 9.84. The Morgan fingerprint density at radius 2 is 2.33 bits per heavy atom. The molecule has 1 aliphatic rings. The summed E-state index contributed by atoms with van der Waals surface area (Å²) >= 11 is 6.09. The van der Waals surface area contributed by atoms with E-state index < -0.39 is 0 Å². The van der Waals surface area contributed by atoms with Gasteiger partial charge in [-0.15, -0.1) is 0 Å². The van der Waals surface area contributed by atoms with E-state index in [2.05, 4.69) is 6.07 Å². The van der Waals surface area contributed by atoms with E-state index >= 15 is 0 Å².